The van der Waals surface area contributed by atoms with E-state index >= 15 is 0 Å². The molecule has 4 nitrogen and oxygen atoms in total. The van der Waals surface area contributed by atoms with Gasteiger partial charge in [0.2, 0.25) is 0 Å². The molecular formula is C15H16N4S2. The van der Waals surface area contributed by atoms with E-state index in [-0.39, 0.29) is 0 Å². The zero-order chi connectivity index (χ0) is 14.7. The van der Waals surface area contributed by atoms with Crippen LogP contribution in [0.2, 0.25) is 0 Å². The maximum atomic E-state index is 5.45. The van der Waals surface area contributed by atoms with Crippen LogP contribution in [0.25, 0.3) is 11.2 Å². The quantitative estimate of drug-likeness (QED) is 0.439. The van der Waals surface area contributed by atoms with Gasteiger partial charge < -0.3 is 9.55 Å². The minimum atomic E-state index is 0.685. The van der Waals surface area contributed by atoms with E-state index < -0.39 is 0 Å². The number of H-pyrrole nitrogens is 1. The predicted molar refractivity (Wildman–Crippen MR) is 89.2 cm³/mol. The average Bonchev–Trinajstić information content (AvgIpc) is 2.97. The lowest BCUT2D eigenvalue weighted by atomic mass is 10.2. The van der Waals surface area contributed by atoms with Gasteiger partial charge in [-0.1, -0.05) is 29.9 Å². The van der Waals surface area contributed by atoms with Gasteiger partial charge in [-0.15, -0.1) is 11.8 Å². The van der Waals surface area contributed by atoms with Crippen LogP contribution in [0.3, 0.4) is 0 Å². The largest absolute Gasteiger partial charge is 0.341 e. The summed E-state index contributed by atoms with van der Waals surface area (Å²) in [5.74, 6) is 1.06. The Kier molecular flexibility index (Phi) is 4.36. The van der Waals surface area contributed by atoms with E-state index in [1.807, 2.05) is 16.3 Å². The summed E-state index contributed by atoms with van der Waals surface area (Å²) in [7, 11) is 0. The van der Waals surface area contributed by atoms with Crippen LogP contribution in [0, 0.1) is 11.6 Å². The van der Waals surface area contributed by atoms with Crippen LogP contribution >= 0.6 is 24.0 Å². The number of thioether (sulfide) groups is 1. The average molecular weight is 316 g/mol. The summed E-state index contributed by atoms with van der Waals surface area (Å²) in [6.45, 7) is 2.98. The van der Waals surface area contributed by atoms with E-state index in [0.29, 0.717) is 5.65 Å². The normalized spacial score (nSPS) is 11.1. The first kappa shape index (κ1) is 14.3. The fraction of sp³-hybridized carbons (Fsp3) is 0.267. The fourth-order valence-corrected chi connectivity index (χ4v) is 3.21. The highest BCUT2D eigenvalue weighted by Gasteiger charge is 2.02. The Labute approximate surface area is 132 Å². The van der Waals surface area contributed by atoms with Crippen molar-refractivity contribution < 1.29 is 0 Å². The molecule has 2 heterocycles. The molecular weight excluding hydrogens is 300 g/mol. The molecule has 2 aromatic heterocycles. The Morgan fingerprint density at radius 1 is 1.24 bits per heavy atom. The highest BCUT2D eigenvalue weighted by Crippen LogP contribution is 2.19. The highest BCUT2D eigenvalue weighted by atomic mass is 32.2. The second-order valence-electron chi connectivity index (χ2n) is 4.86. The molecule has 6 heteroatoms. The van der Waals surface area contributed by atoms with Crippen LogP contribution in [0.4, 0.5) is 0 Å². The van der Waals surface area contributed by atoms with Crippen molar-refractivity contribution in [3.05, 3.63) is 47.1 Å². The standard InChI is InChI=1S/C15H16N4S2/c1-11-3-5-12(6-4-11)21-8-2-7-19-10-18-14-13(15(19)20)16-9-17-14/h3-6,9-10H,2,7-8H2,1H3,(H,16,17). The lowest BCUT2D eigenvalue weighted by Crippen LogP contribution is -2.03. The second-order valence-corrected chi connectivity index (χ2v) is 6.41. The minimum absolute atomic E-state index is 0.685. The van der Waals surface area contributed by atoms with Gasteiger partial charge in [0.1, 0.15) is 10.2 Å². The summed E-state index contributed by atoms with van der Waals surface area (Å²) in [4.78, 5) is 12.8. The summed E-state index contributed by atoms with van der Waals surface area (Å²) in [5.41, 5.74) is 2.83. The molecule has 1 N–H and O–H groups in total. The zero-order valence-corrected chi connectivity index (χ0v) is 13.4. The van der Waals surface area contributed by atoms with E-state index in [2.05, 4.69) is 46.1 Å². The monoisotopic (exact) mass is 316 g/mol. The Bertz CT molecular complexity index is 789. The molecule has 0 radical (unpaired) electrons. The Hall–Kier alpha value is -1.66. The number of imidazole rings is 1. The summed E-state index contributed by atoms with van der Waals surface area (Å²) in [6.07, 6.45) is 4.46. The molecule has 0 aliphatic carbocycles. The van der Waals surface area contributed by atoms with Gasteiger partial charge in [0.05, 0.1) is 12.7 Å². The van der Waals surface area contributed by atoms with Crippen molar-refractivity contribution in [3.8, 4) is 0 Å². The van der Waals surface area contributed by atoms with Gasteiger partial charge in [-0.3, -0.25) is 0 Å². The molecule has 0 amide bonds. The summed E-state index contributed by atoms with van der Waals surface area (Å²) in [6, 6.07) is 8.64. The third-order valence-corrected chi connectivity index (χ3v) is 4.78. The smallest absolute Gasteiger partial charge is 0.181 e. The lowest BCUT2D eigenvalue weighted by molar-refractivity contribution is 0.663. The maximum absolute atomic E-state index is 5.45. The van der Waals surface area contributed by atoms with Crippen LogP contribution in [0.5, 0.6) is 0 Å². The number of aromatic nitrogens is 4. The van der Waals surface area contributed by atoms with Gasteiger partial charge in [0.15, 0.2) is 5.65 Å². The molecule has 1 aromatic carbocycles. The van der Waals surface area contributed by atoms with Crippen LogP contribution < -0.4 is 0 Å². The van der Waals surface area contributed by atoms with Crippen LogP contribution in [0.15, 0.2) is 41.8 Å². The highest BCUT2D eigenvalue weighted by molar-refractivity contribution is 7.99. The predicted octanol–water partition coefficient (Wildman–Crippen LogP) is 3.98. The number of aromatic amines is 1. The van der Waals surface area contributed by atoms with Gasteiger partial charge in [-0.2, -0.15) is 0 Å². The van der Waals surface area contributed by atoms with Crippen LogP contribution in [-0.2, 0) is 6.54 Å². The molecule has 0 spiro atoms. The molecule has 3 aromatic rings. The van der Waals surface area contributed by atoms with Crippen molar-refractivity contribution in [1.29, 1.82) is 0 Å². The molecule has 108 valence electrons. The molecule has 0 bridgehead atoms. The Morgan fingerprint density at radius 2 is 2.05 bits per heavy atom. The van der Waals surface area contributed by atoms with Gasteiger partial charge >= 0.3 is 0 Å². The number of benzene rings is 1. The third kappa shape index (κ3) is 3.33. The topological polar surface area (TPSA) is 46.5 Å². The second kappa shape index (κ2) is 6.41. The van der Waals surface area contributed by atoms with Gasteiger partial charge in [-0.05, 0) is 31.2 Å². The summed E-state index contributed by atoms with van der Waals surface area (Å²) < 4.78 is 2.78. The number of hydrogen-bond donors (Lipinski definition) is 1. The van der Waals surface area contributed by atoms with E-state index in [4.69, 9.17) is 12.2 Å². The zero-order valence-electron chi connectivity index (χ0n) is 11.7. The molecule has 3 rings (SSSR count). The van der Waals surface area contributed by atoms with E-state index in [1.165, 1.54) is 10.5 Å². The molecule has 21 heavy (non-hydrogen) atoms. The summed E-state index contributed by atoms with van der Waals surface area (Å²) in [5, 5.41) is 0. The number of hydrogen-bond acceptors (Lipinski definition) is 4. The molecule has 0 aliphatic heterocycles. The fourth-order valence-electron chi connectivity index (χ4n) is 2.08. The van der Waals surface area contributed by atoms with Crippen LogP contribution in [-0.4, -0.2) is 25.3 Å². The Balaban J connectivity index is 1.58. The van der Waals surface area contributed by atoms with Crippen LogP contribution in [0.1, 0.15) is 12.0 Å². The first-order chi connectivity index (χ1) is 10.2. The van der Waals surface area contributed by atoms with E-state index in [0.717, 1.165) is 28.9 Å². The number of fused-ring (bicyclic) bond motifs is 1. The third-order valence-electron chi connectivity index (χ3n) is 3.25. The van der Waals surface area contributed by atoms with Crippen molar-refractivity contribution >= 4 is 35.1 Å². The van der Waals surface area contributed by atoms with Crippen molar-refractivity contribution in [2.24, 2.45) is 0 Å². The number of rotatable bonds is 5. The molecule has 0 fully saturated rings. The van der Waals surface area contributed by atoms with Crippen molar-refractivity contribution in [1.82, 2.24) is 19.5 Å². The van der Waals surface area contributed by atoms with Gasteiger partial charge in [-0.25, -0.2) is 9.97 Å². The lowest BCUT2D eigenvalue weighted by Gasteiger charge is -2.06. The minimum Gasteiger partial charge on any atom is -0.341 e. The van der Waals surface area contributed by atoms with Gasteiger partial charge in [0, 0.05) is 11.4 Å². The molecule has 0 aliphatic rings. The van der Waals surface area contributed by atoms with Crippen molar-refractivity contribution in [3.63, 3.8) is 0 Å². The number of aryl methyl sites for hydroxylation is 2. The molecule has 0 unspecified atom stereocenters. The summed E-state index contributed by atoms with van der Waals surface area (Å²) >= 11 is 7.32. The SMILES string of the molecule is Cc1ccc(SCCCn2cnc3nc[nH]c3c2=S)cc1. The number of nitrogens with one attached hydrogen (secondary N) is 1. The van der Waals surface area contributed by atoms with Gasteiger partial charge in [0.25, 0.3) is 0 Å². The van der Waals surface area contributed by atoms with Crippen molar-refractivity contribution in [2.75, 3.05) is 5.75 Å². The van der Waals surface area contributed by atoms with Crippen molar-refractivity contribution in [2.45, 2.75) is 24.8 Å². The Morgan fingerprint density at radius 3 is 2.86 bits per heavy atom. The maximum Gasteiger partial charge on any atom is 0.181 e. The first-order valence-electron chi connectivity index (χ1n) is 6.82. The van der Waals surface area contributed by atoms with E-state index in [1.54, 1.807) is 12.7 Å². The number of nitrogens with zero attached hydrogens (tertiary/aromatic N) is 3. The molecule has 0 saturated carbocycles. The van der Waals surface area contributed by atoms with E-state index in [9.17, 15) is 0 Å². The molecule has 0 saturated heterocycles. The molecule has 0 atom stereocenters. The first-order valence-corrected chi connectivity index (χ1v) is 8.21.